The summed E-state index contributed by atoms with van der Waals surface area (Å²) in [7, 11) is 0. The molecule has 3 aliphatic heterocycles. The second-order valence-electron chi connectivity index (χ2n) is 11.6. The summed E-state index contributed by atoms with van der Waals surface area (Å²) in [6.07, 6.45) is 4.32. The molecule has 8 nitrogen and oxygen atoms in total. The number of carbonyl (C=O) groups excluding carboxylic acids is 3. The number of aliphatic hydroxyl groups excluding tert-OH is 1. The number of para-hydroxylation sites is 1. The highest BCUT2D eigenvalue weighted by Crippen LogP contribution is 2.63. The van der Waals surface area contributed by atoms with E-state index in [0.29, 0.717) is 18.5 Å². The zero-order valence-electron chi connectivity index (χ0n) is 24.1. The monoisotopic (exact) mass is 557 g/mol. The van der Waals surface area contributed by atoms with Crippen molar-refractivity contribution in [3.05, 3.63) is 85.0 Å². The summed E-state index contributed by atoms with van der Waals surface area (Å²) in [5, 5.41) is 9.98. The van der Waals surface area contributed by atoms with Gasteiger partial charge in [-0.15, -0.1) is 13.2 Å². The number of aliphatic hydroxyl groups is 1. The Morgan fingerprint density at radius 3 is 2.39 bits per heavy atom. The third kappa shape index (κ3) is 4.50. The summed E-state index contributed by atoms with van der Waals surface area (Å²) < 4.78 is 6.78. The quantitative estimate of drug-likeness (QED) is 0.449. The lowest BCUT2D eigenvalue weighted by Gasteiger charge is -2.37. The van der Waals surface area contributed by atoms with Crippen LogP contribution in [0.15, 0.2) is 73.8 Å². The van der Waals surface area contributed by atoms with E-state index >= 15 is 0 Å². The van der Waals surface area contributed by atoms with Crippen molar-refractivity contribution in [3.63, 3.8) is 0 Å². The van der Waals surface area contributed by atoms with Crippen molar-refractivity contribution in [3.8, 4) is 0 Å². The molecule has 1 N–H and O–H groups in total. The van der Waals surface area contributed by atoms with Gasteiger partial charge in [0.25, 0.3) is 5.91 Å². The number of β-amino-alcohol motifs (C(OH)–C–C–N with tert-alkyl or cyclic N) is 1. The summed E-state index contributed by atoms with van der Waals surface area (Å²) in [5.41, 5.74) is 1.24. The maximum absolute atomic E-state index is 14.6. The van der Waals surface area contributed by atoms with Crippen molar-refractivity contribution in [1.29, 1.82) is 0 Å². The van der Waals surface area contributed by atoms with Gasteiger partial charge < -0.3 is 24.5 Å². The van der Waals surface area contributed by atoms with E-state index in [-0.39, 0.29) is 44.0 Å². The highest BCUT2D eigenvalue weighted by molar-refractivity contribution is 6.07. The molecule has 1 spiro atoms. The Morgan fingerprint density at radius 2 is 1.73 bits per heavy atom. The van der Waals surface area contributed by atoms with Gasteiger partial charge in [-0.1, -0.05) is 42.5 Å². The first kappa shape index (κ1) is 28.8. The minimum absolute atomic E-state index is 0.0295. The van der Waals surface area contributed by atoms with Gasteiger partial charge in [0.1, 0.15) is 11.6 Å². The topological polar surface area (TPSA) is 90.4 Å². The molecule has 3 aliphatic rings. The molecule has 3 heterocycles. The van der Waals surface area contributed by atoms with Crippen LogP contribution in [0, 0.1) is 25.7 Å². The fourth-order valence-electron chi connectivity index (χ4n) is 7.25. The van der Waals surface area contributed by atoms with Gasteiger partial charge in [-0.3, -0.25) is 14.4 Å². The van der Waals surface area contributed by atoms with E-state index < -0.39 is 29.1 Å². The molecule has 2 aromatic rings. The molecule has 216 valence electrons. The zero-order valence-corrected chi connectivity index (χ0v) is 24.1. The van der Waals surface area contributed by atoms with Gasteiger partial charge >= 0.3 is 0 Å². The fraction of sp³-hybridized carbons (Fsp3) is 0.424. The number of likely N-dealkylation sites (tertiary alicyclic amines) is 1. The highest BCUT2D eigenvalue weighted by atomic mass is 16.5. The summed E-state index contributed by atoms with van der Waals surface area (Å²) in [6, 6.07) is 14.2. The van der Waals surface area contributed by atoms with E-state index in [4.69, 9.17) is 4.74 Å². The van der Waals surface area contributed by atoms with Crippen molar-refractivity contribution in [2.45, 2.75) is 50.9 Å². The number of aryl methyl sites for hydroxylation is 2. The molecule has 2 unspecified atom stereocenters. The minimum atomic E-state index is -1.19. The van der Waals surface area contributed by atoms with Crippen LogP contribution in [0.5, 0.6) is 0 Å². The molecule has 0 saturated carbocycles. The molecule has 2 aromatic carbocycles. The average Bonchev–Trinajstić information content (AvgIpc) is 3.52. The van der Waals surface area contributed by atoms with Gasteiger partial charge in [-0.25, -0.2) is 0 Å². The first-order valence-corrected chi connectivity index (χ1v) is 14.2. The Balaban J connectivity index is 1.60. The normalized spacial score (nSPS) is 28.0. The summed E-state index contributed by atoms with van der Waals surface area (Å²) in [5.74, 6) is -2.50. The van der Waals surface area contributed by atoms with Gasteiger partial charge in [0.15, 0.2) is 0 Å². The molecule has 2 bridgehead atoms. The second-order valence-corrected chi connectivity index (χ2v) is 11.6. The van der Waals surface area contributed by atoms with Crippen LogP contribution in [0.25, 0.3) is 0 Å². The first-order chi connectivity index (χ1) is 19.6. The predicted molar refractivity (Wildman–Crippen MR) is 158 cm³/mol. The van der Waals surface area contributed by atoms with Crippen molar-refractivity contribution in [2.75, 3.05) is 36.0 Å². The third-order valence-electron chi connectivity index (χ3n) is 9.00. The van der Waals surface area contributed by atoms with E-state index in [0.717, 1.165) is 16.8 Å². The molecule has 8 heteroatoms. The number of rotatable bonds is 10. The van der Waals surface area contributed by atoms with Crippen LogP contribution in [-0.2, 0) is 19.1 Å². The molecule has 5 rings (SSSR count). The number of nitrogens with zero attached hydrogens (tertiary/aromatic N) is 3. The van der Waals surface area contributed by atoms with Crippen LogP contribution in [0.2, 0.25) is 0 Å². The maximum Gasteiger partial charge on any atom is 0.253 e. The van der Waals surface area contributed by atoms with Crippen LogP contribution >= 0.6 is 0 Å². The van der Waals surface area contributed by atoms with E-state index in [9.17, 15) is 19.5 Å². The Bertz CT molecular complexity index is 1380. The van der Waals surface area contributed by atoms with Crippen LogP contribution in [0.4, 0.5) is 11.4 Å². The van der Waals surface area contributed by atoms with E-state index in [2.05, 4.69) is 13.2 Å². The lowest BCUT2D eigenvalue weighted by atomic mass is 9.66. The van der Waals surface area contributed by atoms with Gasteiger partial charge in [0, 0.05) is 31.0 Å². The molecule has 3 saturated heterocycles. The van der Waals surface area contributed by atoms with E-state index in [1.165, 1.54) is 4.90 Å². The van der Waals surface area contributed by atoms with E-state index in [1.807, 2.05) is 69.3 Å². The highest BCUT2D eigenvalue weighted by Gasteiger charge is 2.78. The first-order valence-electron chi connectivity index (χ1n) is 14.2. The van der Waals surface area contributed by atoms with Crippen LogP contribution in [0.1, 0.15) is 30.9 Å². The number of anilines is 2. The molecule has 0 aliphatic carbocycles. The molecule has 0 radical (unpaired) electrons. The maximum atomic E-state index is 14.6. The Labute approximate surface area is 241 Å². The number of hydrogen-bond acceptors (Lipinski definition) is 5. The molecule has 5 atom stereocenters. The molecule has 0 aromatic heterocycles. The number of hydrogen-bond donors (Lipinski definition) is 1. The molecule has 41 heavy (non-hydrogen) atoms. The van der Waals surface area contributed by atoms with Gasteiger partial charge in [0.05, 0.1) is 24.0 Å². The molecular formula is C33H39N3O5. The van der Waals surface area contributed by atoms with Crippen LogP contribution in [-0.4, -0.2) is 71.2 Å². The Hall–Kier alpha value is -3.75. The van der Waals surface area contributed by atoms with Crippen LogP contribution in [0.3, 0.4) is 0 Å². The van der Waals surface area contributed by atoms with Gasteiger partial charge in [0.2, 0.25) is 11.8 Å². The van der Waals surface area contributed by atoms with Gasteiger partial charge in [-0.05, 0) is 62.9 Å². The largest absolute Gasteiger partial charge is 0.395 e. The van der Waals surface area contributed by atoms with Crippen molar-refractivity contribution >= 4 is 29.1 Å². The summed E-state index contributed by atoms with van der Waals surface area (Å²) >= 11 is 0. The fourth-order valence-corrected chi connectivity index (χ4v) is 7.25. The van der Waals surface area contributed by atoms with E-state index in [1.54, 1.807) is 22.0 Å². The summed E-state index contributed by atoms with van der Waals surface area (Å²) in [6.45, 7) is 13.7. The lowest BCUT2D eigenvalue weighted by molar-refractivity contribution is -0.145. The van der Waals surface area contributed by atoms with Crippen molar-refractivity contribution in [2.24, 2.45) is 11.8 Å². The van der Waals surface area contributed by atoms with Gasteiger partial charge in [-0.2, -0.15) is 0 Å². The second kappa shape index (κ2) is 10.9. The smallest absolute Gasteiger partial charge is 0.253 e. The zero-order chi connectivity index (χ0) is 29.5. The number of fused-ring (bicyclic) bond motifs is 1. The Kier molecular flexibility index (Phi) is 7.66. The number of benzene rings is 2. The summed E-state index contributed by atoms with van der Waals surface area (Å²) in [4.78, 5) is 47.9. The Morgan fingerprint density at radius 1 is 1.05 bits per heavy atom. The SMILES string of the molecule is C=CCN(C(=O)[C@H]1[C@H]2C(=O)N(CCO)C(C(=O)N(CC=C)c3cc(C)ccc3C)C23CC[C@]1(C)O3)c1ccccc1. The average molecular weight is 558 g/mol. The molecular weight excluding hydrogens is 518 g/mol. The minimum Gasteiger partial charge on any atom is -0.395 e. The molecule has 3 fully saturated rings. The molecule has 3 amide bonds. The van der Waals surface area contributed by atoms with Crippen molar-refractivity contribution < 1.29 is 24.2 Å². The van der Waals surface area contributed by atoms with Crippen molar-refractivity contribution in [1.82, 2.24) is 4.90 Å². The lowest BCUT2D eigenvalue weighted by Crippen LogP contribution is -2.57. The predicted octanol–water partition coefficient (Wildman–Crippen LogP) is 3.80. The number of ether oxygens (including phenoxy) is 1. The van der Waals surface area contributed by atoms with Crippen LogP contribution < -0.4 is 9.80 Å². The number of carbonyl (C=O) groups is 3. The third-order valence-corrected chi connectivity index (χ3v) is 9.00. The standard InChI is InChI=1S/C33H39N3O5/c1-6-17-34(24-11-9-8-10-12-24)29(38)26-27-30(39)36(19-20-37)28(33(27)16-15-32(26,5)41-33)31(40)35(18-7-2)25-21-22(3)13-14-23(25)4/h6-14,21,26-28,37H,1-2,15-20H2,3-5H3/t26-,27+,28?,32+,33?/m1/s1. The number of amides is 3.